The van der Waals surface area contributed by atoms with E-state index in [4.69, 9.17) is 20.2 Å². The third kappa shape index (κ3) is 6.97. The third-order valence-electron chi connectivity index (χ3n) is 6.60. The van der Waals surface area contributed by atoms with Gasteiger partial charge in [0, 0.05) is 48.5 Å². The molecule has 40 heavy (non-hydrogen) atoms. The molecule has 3 aromatic rings. The third-order valence-corrected chi connectivity index (χ3v) is 6.60. The van der Waals surface area contributed by atoms with E-state index in [9.17, 15) is 10.1 Å². The Labute approximate surface area is 235 Å². The lowest BCUT2D eigenvalue weighted by Gasteiger charge is -2.26. The zero-order chi connectivity index (χ0) is 28.9. The van der Waals surface area contributed by atoms with Crippen LogP contribution in [0.4, 0.5) is 4.79 Å². The van der Waals surface area contributed by atoms with Crippen molar-refractivity contribution in [1.29, 1.82) is 5.26 Å². The molecule has 3 aromatic heterocycles. The van der Waals surface area contributed by atoms with Crippen LogP contribution in [0.3, 0.4) is 0 Å². The highest BCUT2D eigenvalue weighted by Crippen LogP contribution is 2.31. The van der Waals surface area contributed by atoms with Crippen LogP contribution in [0.15, 0.2) is 53.5 Å². The maximum atomic E-state index is 12.5. The molecule has 1 aliphatic rings. The monoisotopic (exact) mass is 543 g/mol. The lowest BCUT2D eigenvalue weighted by atomic mass is 10.1. The highest BCUT2D eigenvalue weighted by atomic mass is 16.6. The van der Waals surface area contributed by atoms with Gasteiger partial charge in [0.1, 0.15) is 34.6 Å². The van der Waals surface area contributed by atoms with Crippen LogP contribution >= 0.6 is 0 Å². The highest BCUT2D eigenvalue weighted by Gasteiger charge is 2.25. The number of nitriles is 1. The van der Waals surface area contributed by atoms with E-state index in [1.807, 2.05) is 65.1 Å². The fourth-order valence-corrected chi connectivity index (χ4v) is 4.59. The summed E-state index contributed by atoms with van der Waals surface area (Å²) in [4.78, 5) is 23.6. The normalized spacial score (nSPS) is 17.7. The number of carbonyl (C=O) groups excluding carboxylic acids is 1. The van der Waals surface area contributed by atoms with E-state index >= 15 is 0 Å². The van der Waals surface area contributed by atoms with Gasteiger partial charge in [0.2, 0.25) is 0 Å². The Morgan fingerprint density at radius 2 is 2.10 bits per heavy atom. The van der Waals surface area contributed by atoms with Crippen LogP contribution in [0.25, 0.3) is 11.1 Å². The van der Waals surface area contributed by atoms with Crippen LogP contribution in [0.5, 0.6) is 5.75 Å². The number of allylic oxidation sites excluding steroid dienone is 2. The quantitative estimate of drug-likeness (QED) is 0.418. The van der Waals surface area contributed by atoms with E-state index in [2.05, 4.69) is 16.2 Å². The van der Waals surface area contributed by atoms with Crippen LogP contribution < -0.4 is 10.5 Å². The van der Waals surface area contributed by atoms with Crippen LogP contribution in [0, 0.1) is 11.3 Å². The van der Waals surface area contributed by atoms with E-state index in [1.165, 1.54) is 6.20 Å². The smallest absolute Gasteiger partial charge is 0.410 e. The lowest BCUT2D eigenvalue weighted by molar-refractivity contribution is 0.0256. The number of amides is 1. The molecule has 4 rings (SSSR count). The van der Waals surface area contributed by atoms with Crippen LogP contribution in [-0.2, 0) is 4.74 Å². The van der Waals surface area contributed by atoms with Gasteiger partial charge in [-0.05, 0) is 72.1 Å². The summed E-state index contributed by atoms with van der Waals surface area (Å²) < 4.78 is 13.5. The van der Waals surface area contributed by atoms with Crippen molar-refractivity contribution in [3.63, 3.8) is 0 Å². The van der Waals surface area contributed by atoms with Crippen molar-refractivity contribution in [2.45, 2.75) is 71.6 Å². The van der Waals surface area contributed by atoms with Crippen molar-refractivity contribution in [3.8, 4) is 11.8 Å². The number of pyridine rings is 2. The van der Waals surface area contributed by atoms with Crippen LogP contribution in [0.2, 0.25) is 0 Å². The molecule has 0 radical (unpaired) electrons. The molecule has 0 aliphatic carbocycles. The van der Waals surface area contributed by atoms with Gasteiger partial charge in [0.25, 0.3) is 0 Å². The van der Waals surface area contributed by atoms with Crippen LogP contribution in [-0.4, -0.2) is 56.5 Å². The average molecular weight is 544 g/mol. The molecule has 4 heterocycles. The van der Waals surface area contributed by atoms with Gasteiger partial charge in [0.05, 0.1) is 17.9 Å². The van der Waals surface area contributed by atoms with E-state index in [0.29, 0.717) is 35.6 Å². The first-order valence-electron chi connectivity index (χ1n) is 13.5. The molecule has 1 saturated heterocycles. The summed E-state index contributed by atoms with van der Waals surface area (Å²) in [7, 11) is 0. The van der Waals surface area contributed by atoms with E-state index in [-0.39, 0.29) is 18.2 Å². The van der Waals surface area contributed by atoms with E-state index in [0.717, 1.165) is 36.1 Å². The number of nitrogens with zero attached hydrogens (tertiary/aromatic N) is 6. The predicted molar refractivity (Wildman–Crippen MR) is 154 cm³/mol. The highest BCUT2D eigenvalue weighted by molar-refractivity contribution is 6.11. The number of carbonyl (C=O) groups is 1. The van der Waals surface area contributed by atoms with Gasteiger partial charge in [-0.1, -0.05) is 6.07 Å². The Bertz CT molecular complexity index is 1440. The number of hydrogen-bond donors (Lipinski definition) is 1. The fourth-order valence-electron chi connectivity index (χ4n) is 4.59. The molecule has 1 fully saturated rings. The maximum Gasteiger partial charge on any atom is 0.410 e. The van der Waals surface area contributed by atoms with Crippen molar-refractivity contribution in [2.75, 3.05) is 13.1 Å². The molecule has 2 N–H and O–H groups in total. The number of aromatic nitrogens is 3. The van der Waals surface area contributed by atoms with Crippen molar-refractivity contribution >= 4 is 23.4 Å². The average Bonchev–Trinajstić information content (AvgIpc) is 3.17. The molecule has 2 unspecified atom stereocenters. The molecule has 1 amide bonds. The predicted octanol–water partition coefficient (Wildman–Crippen LogP) is 5.29. The molecule has 0 aromatic carbocycles. The molecule has 210 valence electrons. The number of fused-ring (bicyclic) bond motifs is 1. The molecule has 0 bridgehead atoms. The second kappa shape index (κ2) is 12.2. The summed E-state index contributed by atoms with van der Waals surface area (Å²) in [5.74, 6) is 0.499. The van der Waals surface area contributed by atoms with Crippen molar-refractivity contribution in [2.24, 2.45) is 10.7 Å². The molecule has 1 aliphatic heterocycles. The summed E-state index contributed by atoms with van der Waals surface area (Å²) in [5.41, 5.74) is 9.65. The van der Waals surface area contributed by atoms with Crippen molar-refractivity contribution in [3.05, 3.63) is 65.4 Å². The van der Waals surface area contributed by atoms with Crippen molar-refractivity contribution in [1.82, 2.24) is 19.5 Å². The second-order valence-corrected chi connectivity index (χ2v) is 11.0. The van der Waals surface area contributed by atoms with Gasteiger partial charge in [-0.3, -0.25) is 9.98 Å². The standard InChI is InChI=1S/C30H37N7O3/c1-20(32)25(18-34-24-9-8-13-36(14-11-24)29(38)40-30(3,4)5)22-15-27(28-23(16-31)17-35-37(28)19-22)39-21(2)26-10-6-7-12-33-26/h6-7,10,12,15,17-19,21,24H,8-9,11,13-14,32H2,1-5H3/b25-20+,34-18?. The number of aliphatic imine (C=N–C) groups is 1. The zero-order valence-electron chi connectivity index (χ0n) is 23.8. The second-order valence-electron chi connectivity index (χ2n) is 11.0. The molecule has 10 nitrogen and oxygen atoms in total. The minimum Gasteiger partial charge on any atom is -0.482 e. The maximum absolute atomic E-state index is 12.5. The minimum atomic E-state index is -0.527. The Morgan fingerprint density at radius 1 is 1.30 bits per heavy atom. The summed E-state index contributed by atoms with van der Waals surface area (Å²) >= 11 is 0. The van der Waals surface area contributed by atoms with Gasteiger partial charge in [-0.25, -0.2) is 9.31 Å². The topological polar surface area (TPSA) is 131 Å². The van der Waals surface area contributed by atoms with Crippen molar-refractivity contribution < 1.29 is 14.3 Å². The summed E-state index contributed by atoms with van der Waals surface area (Å²) in [6.07, 6.45) is 8.63. The lowest BCUT2D eigenvalue weighted by Crippen LogP contribution is -2.37. The summed E-state index contributed by atoms with van der Waals surface area (Å²) in [5, 5.41) is 14.1. The van der Waals surface area contributed by atoms with Gasteiger partial charge in [-0.15, -0.1) is 0 Å². The zero-order valence-corrected chi connectivity index (χ0v) is 23.8. The van der Waals surface area contributed by atoms with Crippen LogP contribution in [0.1, 0.15) is 76.8 Å². The van der Waals surface area contributed by atoms with Gasteiger partial charge in [-0.2, -0.15) is 10.4 Å². The summed E-state index contributed by atoms with van der Waals surface area (Å²) in [6, 6.07) is 9.75. The molecular weight excluding hydrogens is 506 g/mol. The van der Waals surface area contributed by atoms with Gasteiger partial charge < -0.3 is 20.1 Å². The van der Waals surface area contributed by atoms with E-state index < -0.39 is 5.60 Å². The molecule has 0 spiro atoms. The Hall–Kier alpha value is -4.39. The SMILES string of the molecule is C/C(N)=C(/C=NC1CCCN(C(=O)OC(C)(C)C)CC1)c1cc(OC(C)c2ccccn2)c2c(C#N)cnn2c1. The number of rotatable bonds is 6. The molecule has 2 atom stereocenters. The Balaban J connectivity index is 1.58. The van der Waals surface area contributed by atoms with E-state index in [1.54, 1.807) is 21.8 Å². The Morgan fingerprint density at radius 3 is 2.77 bits per heavy atom. The molecule has 10 heteroatoms. The number of likely N-dealkylation sites (tertiary alicyclic amines) is 1. The largest absolute Gasteiger partial charge is 0.482 e. The number of hydrogen-bond acceptors (Lipinski definition) is 8. The first kappa shape index (κ1) is 28.6. The number of nitrogens with two attached hydrogens (primary N) is 1. The first-order chi connectivity index (χ1) is 19.1. The number of ether oxygens (including phenoxy) is 2. The minimum absolute atomic E-state index is 0.0420. The fraction of sp³-hybridized carbons (Fsp3) is 0.433. The first-order valence-corrected chi connectivity index (χ1v) is 13.5. The van der Waals surface area contributed by atoms with Gasteiger partial charge in [0.15, 0.2) is 0 Å². The molecule has 0 saturated carbocycles. The molecular formula is C30H37N7O3. The Kier molecular flexibility index (Phi) is 8.73. The summed E-state index contributed by atoms with van der Waals surface area (Å²) in [6.45, 7) is 10.6. The van der Waals surface area contributed by atoms with Gasteiger partial charge >= 0.3 is 6.09 Å².